The van der Waals surface area contributed by atoms with Crippen LogP contribution < -0.4 is 5.32 Å². The number of carbonyl (C=O) groups is 3. The monoisotopic (exact) mass is 211 g/mol. The molecule has 4 heteroatoms. The molecule has 4 nitrogen and oxygen atoms in total. The van der Waals surface area contributed by atoms with Crippen LogP contribution >= 0.6 is 0 Å². The summed E-state index contributed by atoms with van der Waals surface area (Å²) in [4.78, 5) is 33.1. The molecule has 0 radical (unpaired) electrons. The van der Waals surface area contributed by atoms with Gasteiger partial charge in [0.25, 0.3) is 0 Å². The summed E-state index contributed by atoms with van der Waals surface area (Å²) in [5, 5.41) is 3.12. The molecule has 0 spiro atoms. The standard InChI is InChI=1S/C11H17NO3/c1-8(13)10(14)5-2-6-11(15)9-4-3-7-12-9/h9,12H,2-7H2,1H3/t9-/m0/s1. The van der Waals surface area contributed by atoms with Gasteiger partial charge in [0.1, 0.15) is 5.78 Å². The van der Waals surface area contributed by atoms with Crippen molar-refractivity contribution in [1.82, 2.24) is 5.32 Å². The van der Waals surface area contributed by atoms with Crippen molar-refractivity contribution in [3.63, 3.8) is 0 Å². The third kappa shape index (κ3) is 3.91. The van der Waals surface area contributed by atoms with Gasteiger partial charge in [-0.3, -0.25) is 14.4 Å². The van der Waals surface area contributed by atoms with Gasteiger partial charge >= 0.3 is 0 Å². The van der Waals surface area contributed by atoms with Crippen LogP contribution in [0.15, 0.2) is 0 Å². The van der Waals surface area contributed by atoms with Crippen molar-refractivity contribution < 1.29 is 14.4 Å². The zero-order chi connectivity index (χ0) is 11.3. The molecular weight excluding hydrogens is 194 g/mol. The molecule has 0 bridgehead atoms. The number of Topliss-reactive ketones (excluding diaryl/α,β-unsaturated/α-hetero) is 3. The van der Waals surface area contributed by atoms with E-state index in [1.165, 1.54) is 6.92 Å². The van der Waals surface area contributed by atoms with Gasteiger partial charge in [-0.25, -0.2) is 0 Å². The Hall–Kier alpha value is -1.03. The van der Waals surface area contributed by atoms with E-state index >= 15 is 0 Å². The summed E-state index contributed by atoms with van der Waals surface area (Å²) in [6.07, 6.45) is 3.04. The van der Waals surface area contributed by atoms with Gasteiger partial charge in [-0.15, -0.1) is 0 Å². The van der Waals surface area contributed by atoms with Gasteiger partial charge in [-0.1, -0.05) is 0 Å². The van der Waals surface area contributed by atoms with Gasteiger partial charge < -0.3 is 5.32 Å². The first kappa shape index (κ1) is 12.0. The molecule has 0 amide bonds. The Balaban J connectivity index is 2.16. The van der Waals surface area contributed by atoms with E-state index in [1.807, 2.05) is 0 Å². The van der Waals surface area contributed by atoms with Crippen LogP contribution in [0.5, 0.6) is 0 Å². The average Bonchev–Trinajstić information content (AvgIpc) is 2.70. The average molecular weight is 211 g/mol. The van der Waals surface area contributed by atoms with Crippen molar-refractivity contribution >= 4 is 17.3 Å². The third-order valence-electron chi connectivity index (χ3n) is 2.67. The molecule has 0 aromatic heterocycles. The predicted octanol–water partition coefficient (Wildman–Crippen LogP) is 0.636. The Kier molecular flexibility index (Phi) is 4.62. The Morgan fingerprint density at radius 2 is 2.00 bits per heavy atom. The highest BCUT2D eigenvalue weighted by Crippen LogP contribution is 2.10. The molecule has 0 unspecified atom stereocenters. The van der Waals surface area contributed by atoms with Crippen molar-refractivity contribution in [3.05, 3.63) is 0 Å². The first-order valence-electron chi connectivity index (χ1n) is 5.41. The second-order valence-corrected chi connectivity index (χ2v) is 3.95. The molecule has 1 N–H and O–H groups in total. The lowest BCUT2D eigenvalue weighted by molar-refractivity contribution is -0.135. The summed E-state index contributed by atoms with van der Waals surface area (Å²) >= 11 is 0. The van der Waals surface area contributed by atoms with Gasteiger partial charge in [-0.2, -0.15) is 0 Å². The number of carbonyl (C=O) groups excluding carboxylic acids is 3. The summed E-state index contributed by atoms with van der Waals surface area (Å²) in [5.74, 6) is -0.618. The predicted molar refractivity (Wildman–Crippen MR) is 55.6 cm³/mol. The van der Waals surface area contributed by atoms with Crippen molar-refractivity contribution in [2.45, 2.75) is 45.1 Å². The largest absolute Gasteiger partial charge is 0.307 e. The van der Waals surface area contributed by atoms with Crippen LogP contribution in [0, 0.1) is 0 Å². The molecule has 0 saturated carbocycles. The summed E-state index contributed by atoms with van der Waals surface area (Å²) in [5.41, 5.74) is 0. The van der Waals surface area contributed by atoms with E-state index in [0.29, 0.717) is 12.8 Å². The summed E-state index contributed by atoms with van der Waals surface area (Å²) in [7, 11) is 0. The summed E-state index contributed by atoms with van der Waals surface area (Å²) in [6.45, 7) is 2.17. The fraction of sp³-hybridized carbons (Fsp3) is 0.727. The first-order chi connectivity index (χ1) is 7.11. The molecule has 84 valence electrons. The van der Waals surface area contributed by atoms with Gasteiger partial charge in [0.05, 0.1) is 6.04 Å². The molecule has 1 fully saturated rings. The first-order valence-corrected chi connectivity index (χ1v) is 5.41. The molecular formula is C11H17NO3. The van der Waals surface area contributed by atoms with Gasteiger partial charge in [0.2, 0.25) is 0 Å². The minimum atomic E-state index is -0.415. The van der Waals surface area contributed by atoms with Crippen molar-refractivity contribution in [1.29, 1.82) is 0 Å². The molecule has 1 rings (SSSR count). The number of ketones is 3. The lowest BCUT2D eigenvalue weighted by Crippen LogP contribution is -2.30. The van der Waals surface area contributed by atoms with Crippen LogP contribution in [0.3, 0.4) is 0 Å². The third-order valence-corrected chi connectivity index (χ3v) is 2.67. The van der Waals surface area contributed by atoms with Crippen molar-refractivity contribution in [2.75, 3.05) is 6.54 Å². The topological polar surface area (TPSA) is 63.2 Å². The Morgan fingerprint density at radius 1 is 1.27 bits per heavy atom. The number of hydrogen-bond acceptors (Lipinski definition) is 4. The van der Waals surface area contributed by atoms with Gasteiger partial charge in [0.15, 0.2) is 11.6 Å². The minimum Gasteiger partial charge on any atom is -0.307 e. The van der Waals surface area contributed by atoms with E-state index < -0.39 is 5.78 Å². The van der Waals surface area contributed by atoms with Crippen LogP contribution in [-0.4, -0.2) is 29.9 Å². The number of hydrogen-bond donors (Lipinski definition) is 1. The van der Waals surface area contributed by atoms with E-state index in [9.17, 15) is 14.4 Å². The quantitative estimate of drug-likeness (QED) is 0.655. The molecule has 0 aromatic rings. The van der Waals surface area contributed by atoms with E-state index in [1.54, 1.807) is 0 Å². The molecule has 0 aromatic carbocycles. The highest BCUT2D eigenvalue weighted by Gasteiger charge is 2.21. The fourth-order valence-corrected chi connectivity index (χ4v) is 1.73. The maximum atomic E-state index is 11.5. The molecule has 15 heavy (non-hydrogen) atoms. The number of nitrogens with one attached hydrogen (secondary N) is 1. The maximum absolute atomic E-state index is 11.5. The second kappa shape index (κ2) is 5.75. The maximum Gasteiger partial charge on any atom is 0.198 e. The lowest BCUT2D eigenvalue weighted by atomic mass is 10.0. The molecule has 1 aliphatic rings. The van der Waals surface area contributed by atoms with Crippen LogP contribution in [0.1, 0.15) is 39.0 Å². The Bertz CT molecular complexity index is 267. The van der Waals surface area contributed by atoms with E-state index in [4.69, 9.17) is 0 Å². The lowest BCUT2D eigenvalue weighted by Gasteiger charge is -2.07. The summed E-state index contributed by atoms with van der Waals surface area (Å²) in [6, 6.07) is -0.0163. The van der Waals surface area contributed by atoms with Crippen LogP contribution in [0.25, 0.3) is 0 Å². The summed E-state index contributed by atoms with van der Waals surface area (Å²) < 4.78 is 0. The highest BCUT2D eigenvalue weighted by atomic mass is 16.2. The molecule has 0 aliphatic carbocycles. The SMILES string of the molecule is CC(=O)C(=O)CCCC(=O)[C@@H]1CCCN1. The minimum absolute atomic E-state index is 0.0163. The van der Waals surface area contributed by atoms with Crippen LogP contribution in [-0.2, 0) is 14.4 Å². The zero-order valence-electron chi connectivity index (χ0n) is 9.04. The van der Waals surface area contributed by atoms with Crippen LogP contribution in [0.2, 0.25) is 0 Å². The van der Waals surface area contributed by atoms with Gasteiger partial charge in [0, 0.05) is 19.8 Å². The highest BCUT2D eigenvalue weighted by molar-refractivity contribution is 6.36. The van der Waals surface area contributed by atoms with E-state index in [-0.39, 0.29) is 24.0 Å². The fourth-order valence-electron chi connectivity index (χ4n) is 1.73. The Morgan fingerprint density at radius 3 is 2.53 bits per heavy atom. The molecule has 1 heterocycles. The number of rotatable bonds is 6. The van der Waals surface area contributed by atoms with Crippen LogP contribution in [0.4, 0.5) is 0 Å². The van der Waals surface area contributed by atoms with Gasteiger partial charge in [-0.05, 0) is 25.8 Å². The zero-order valence-corrected chi connectivity index (χ0v) is 9.04. The molecule has 1 atom stereocenters. The molecule has 1 saturated heterocycles. The Labute approximate surface area is 89.4 Å². The van der Waals surface area contributed by atoms with Crippen molar-refractivity contribution in [2.24, 2.45) is 0 Å². The second-order valence-electron chi connectivity index (χ2n) is 3.95. The smallest absolute Gasteiger partial charge is 0.198 e. The van der Waals surface area contributed by atoms with E-state index in [0.717, 1.165) is 19.4 Å². The normalized spacial score (nSPS) is 20.2. The molecule has 1 aliphatic heterocycles. The van der Waals surface area contributed by atoms with E-state index in [2.05, 4.69) is 5.32 Å². The van der Waals surface area contributed by atoms with Crippen molar-refractivity contribution in [3.8, 4) is 0 Å².